The van der Waals surface area contributed by atoms with Crippen LogP contribution in [0.15, 0.2) is 17.5 Å². The fraction of sp³-hybridized carbons (Fsp3) is 0.500. The predicted octanol–water partition coefficient (Wildman–Crippen LogP) is 1.16. The SMILES string of the molecule is CCCN(CC(=O)OC)C(=O)C(N)c1cccs1. The molecule has 18 heavy (non-hydrogen) atoms. The molecule has 0 radical (unpaired) electrons. The number of nitrogens with two attached hydrogens (primary N) is 1. The van der Waals surface area contributed by atoms with Gasteiger partial charge in [0.15, 0.2) is 0 Å². The molecule has 100 valence electrons. The van der Waals surface area contributed by atoms with Gasteiger partial charge in [-0.25, -0.2) is 0 Å². The van der Waals surface area contributed by atoms with Gasteiger partial charge in [0.1, 0.15) is 12.6 Å². The van der Waals surface area contributed by atoms with Gasteiger partial charge in [-0.1, -0.05) is 13.0 Å². The normalized spacial score (nSPS) is 11.9. The van der Waals surface area contributed by atoms with Gasteiger partial charge in [0.2, 0.25) is 5.91 Å². The van der Waals surface area contributed by atoms with E-state index in [4.69, 9.17) is 5.73 Å². The number of amides is 1. The number of carbonyl (C=O) groups excluding carboxylic acids is 2. The Morgan fingerprint density at radius 3 is 2.78 bits per heavy atom. The second kappa shape index (κ2) is 7.13. The van der Waals surface area contributed by atoms with Crippen LogP contribution in [0.3, 0.4) is 0 Å². The number of rotatable bonds is 6. The van der Waals surface area contributed by atoms with Gasteiger partial charge in [-0.3, -0.25) is 9.59 Å². The minimum Gasteiger partial charge on any atom is -0.468 e. The van der Waals surface area contributed by atoms with Crippen LogP contribution < -0.4 is 5.73 Å². The number of ether oxygens (including phenoxy) is 1. The lowest BCUT2D eigenvalue weighted by Crippen LogP contribution is -2.42. The summed E-state index contributed by atoms with van der Waals surface area (Å²) in [5.41, 5.74) is 5.90. The first-order valence-electron chi connectivity index (χ1n) is 5.74. The van der Waals surface area contributed by atoms with Crippen molar-refractivity contribution >= 4 is 23.2 Å². The van der Waals surface area contributed by atoms with E-state index in [1.165, 1.54) is 23.3 Å². The number of nitrogens with zero attached hydrogens (tertiary/aromatic N) is 1. The molecule has 0 fully saturated rings. The third kappa shape index (κ3) is 3.82. The molecule has 0 aromatic carbocycles. The lowest BCUT2D eigenvalue weighted by molar-refractivity contribution is -0.147. The van der Waals surface area contributed by atoms with E-state index in [1.54, 1.807) is 0 Å². The average molecular weight is 270 g/mol. The van der Waals surface area contributed by atoms with Crippen LogP contribution in [0.4, 0.5) is 0 Å². The van der Waals surface area contributed by atoms with Gasteiger partial charge >= 0.3 is 5.97 Å². The molecule has 5 nitrogen and oxygen atoms in total. The summed E-state index contributed by atoms with van der Waals surface area (Å²) >= 11 is 1.43. The lowest BCUT2D eigenvalue weighted by atomic mass is 10.2. The van der Waals surface area contributed by atoms with Gasteiger partial charge in [0.25, 0.3) is 0 Å². The van der Waals surface area contributed by atoms with Crippen molar-refractivity contribution in [1.29, 1.82) is 0 Å². The third-order valence-electron chi connectivity index (χ3n) is 2.47. The highest BCUT2D eigenvalue weighted by Crippen LogP contribution is 2.18. The summed E-state index contributed by atoms with van der Waals surface area (Å²) in [6.07, 6.45) is 0.764. The van der Waals surface area contributed by atoms with Gasteiger partial charge in [0, 0.05) is 11.4 Å². The van der Waals surface area contributed by atoms with Gasteiger partial charge in [-0.05, 0) is 17.9 Å². The molecule has 1 unspecified atom stereocenters. The Morgan fingerprint density at radius 1 is 1.56 bits per heavy atom. The first-order chi connectivity index (χ1) is 8.60. The topological polar surface area (TPSA) is 72.6 Å². The maximum atomic E-state index is 12.2. The number of methoxy groups -OCH3 is 1. The van der Waals surface area contributed by atoms with E-state index >= 15 is 0 Å². The monoisotopic (exact) mass is 270 g/mol. The van der Waals surface area contributed by atoms with E-state index < -0.39 is 12.0 Å². The Labute approximate surface area is 111 Å². The molecule has 1 heterocycles. The molecule has 0 spiro atoms. The molecule has 1 aromatic rings. The molecular weight excluding hydrogens is 252 g/mol. The average Bonchev–Trinajstić information content (AvgIpc) is 2.90. The molecule has 1 aromatic heterocycles. The maximum absolute atomic E-state index is 12.2. The Balaban J connectivity index is 2.72. The molecule has 0 aliphatic heterocycles. The zero-order valence-corrected chi connectivity index (χ0v) is 11.4. The van der Waals surface area contributed by atoms with E-state index in [0.717, 1.165) is 11.3 Å². The first-order valence-corrected chi connectivity index (χ1v) is 6.62. The lowest BCUT2D eigenvalue weighted by Gasteiger charge is -2.23. The van der Waals surface area contributed by atoms with Crippen LogP contribution in [0.5, 0.6) is 0 Å². The Kier molecular flexibility index (Phi) is 5.80. The third-order valence-corrected chi connectivity index (χ3v) is 3.42. The Bertz CT molecular complexity index is 392. The van der Waals surface area contributed by atoms with E-state index in [0.29, 0.717) is 6.54 Å². The molecule has 0 saturated heterocycles. The highest BCUT2D eigenvalue weighted by atomic mass is 32.1. The second-order valence-corrected chi connectivity index (χ2v) is 4.81. The van der Waals surface area contributed by atoms with Crippen LogP contribution in [-0.4, -0.2) is 37.0 Å². The van der Waals surface area contributed by atoms with Gasteiger partial charge in [-0.15, -0.1) is 11.3 Å². The highest BCUT2D eigenvalue weighted by molar-refractivity contribution is 7.10. The fourth-order valence-electron chi connectivity index (χ4n) is 1.54. The zero-order valence-electron chi connectivity index (χ0n) is 10.6. The van der Waals surface area contributed by atoms with Crippen molar-refractivity contribution in [2.75, 3.05) is 20.2 Å². The van der Waals surface area contributed by atoms with Crippen LogP contribution in [0.25, 0.3) is 0 Å². The van der Waals surface area contributed by atoms with Crippen molar-refractivity contribution in [2.24, 2.45) is 5.73 Å². The molecule has 1 atom stereocenters. The van der Waals surface area contributed by atoms with Crippen LogP contribution in [-0.2, 0) is 14.3 Å². The number of esters is 1. The minimum atomic E-state index is -0.707. The molecule has 0 saturated carbocycles. The van der Waals surface area contributed by atoms with E-state index in [9.17, 15) is 9.59 Å². The van der Waals surface area contributed by atoms with Gasteiger partial charge < -0.3 is 15.4 Å². The van der Waals surface area contributed by atoms with Crippen molar-refractivity contribution in [3.05, 3.63) is 22.4 Å². The standard InChI is InChI=1S/C12H18N2O3S/c1-3-6-14(8-10(15)17-2)12(16)11(13)9-5-4-7-18-9/h4-5,7,11H,3,6,8,13H2,1-2H3. The minimum absolute atomic E-state index is 0.0533. The van der Waals surface area contributed by atoms with E-state index in [1.807, 2.05) is 24.4 Å². The van der Waals surface area contributed by atoms with Gasteiger partial charge in [0.05, 0.1) is 7.11 Å². The summed E-state index contributed by atoms with van der Waals surface area (Å²) in [4.78, 5) is 25.7. The first kappa shape index (κ1) is 14.7. The number of hydrogen-bond donors (Lipinski definition) is 1. The molecule has 1 amide bonds. The second-order valence-electron chi connectivity index (χ2n) is 3.83. The van der Waals surface area contributed by atoms with Crippen molar-refractivity contribution in [3.8, 4) is 0 Å². The van der Waals surface area contributed by atoms with Crippen LogP contribution >= 0.6 is 11.3 Å². The van der Waals surface area contributed by atoms with E-state index in [-0.39, 0.29) is 12.5 Å². The summed E-state index contributed by atoms with van der Waals surface area (Å²) in [7, 11) is 1.30. The zero-order chi connectivity index (χ0) is 13.5. The van der Waals surface area contributed by atoms with Crippen LogP contribution in [0.1, 0.15) is 24.3 Å². The highest BCUT2D eigenvalue weighted by Gasteiger charge is 2.24. The van der Waals surface area contributed by atoms with Crippen molar-refractivity contribution in [2.45, 2.75) is 19.4 Å². The molecule has 0 aliphatic carbocycles. The Morgan fingerprint density at radius 2 is 2.28 bits per heavy atom. The van der Waals surface area contributed by atoms with Crippen LogP contribution in [0, 0.1) is 0 Å². The largest absolute Gasteiger partial charge is 0.468 e. The molecule has 0 aliphatic rings. The van der Waals surface area contributed by atoms with E-state index in [2.05, 4.69) is 4.74 Å². The predicted molar refractivity (Wildman–Crippen MR) is 70.1 cm³/mol. The fourth-order valence-corrected chi connectivity index (χ4v) is 2.26. The van der Waals surface area contributed by atoms with Crippen molar-refractivity contribution < 1.29 is 14.3 Å². The number of carbonyl (C=O) groups is 2. The van der Waals surface area contributed by atoms with Crippen molar-refractivity contribution in [3.63, 3.8) is 0 Å². The summed E-state index contributed by atoms with van der Waals surface area (Å²) in [5, 5.41) is 1.87. The summed E-state index contributed by atoms with van der Waals surface area (Å²) < 4.78 is 4.58. The van der Waals surface area contributed by atoms with Crippen LogP contribution in [0.2, 0.25) is 0 Å². The summed E-state index contributed by atoms with van der Waals surface area (Å²) in [6.45, 7) is 2.38. The summed E-state index contributed by atoms with van der Waals surface area (Å²) in [6, 6.07) is 2.95. The number of thiophene rings is 1. The Hall–Kier alpha value is -1.40. The van der Waals surface area contributed by atoms with Crippen molar-refractivity contribution in [1.82, 2.24) is 4.90 Å². The molecule has 2 N–H and O–H groups in total. The van der Waals surface area contributed by atoms with Gasteiger partial charge in [-0.2, -0.15) is 0 Å². The maximum Gasteiger partial charge on any atom is 0.325 e. The molecule has 6 heteroatoms. The summed E-state index contributed by atoms with van der Waals surface area (Å²) in [5.74, 6) is -0.681. The molecule has 0 bridgehead atoms. The molecular formula is C12H18N2O3S. The smallest absolute Gasteiger partial charge is 0.325 e. The quantitative estimate of drug-likeness (QED) is 0.787. The number of hydrogen-bond acceptors (Lipinski definition) is 5. The molecule has 1 rings (SSSR count).